The summed E-state index contributed by atoms with van der Waals surface area (Å²) in [5, 5.41) is 9.23. The molecular formula is C9H11BrN2O3. The normalized spacial score (nSPS) is 18.5. The predicted octanol–water partition coefficient (Wildman–Crippen LogP) is 0.0147. The van der Waals surface area contributed by atoms with Crippen LogP contribution in [0.4, 0.5) is 0 Å². The van der Waals surface area contributed by atoms with Gasteiger partial charge in [0.15, 0.2) is 0 Å². The van der Waals surface area contributed by atoms with Gasteiger partial charge in [0, 0.05) is 12.7 Å². The van der Waals surface area contributed by atoms with Crippen molar-refractivity contribution in [1.82, 2.24) is 9.55 Å². The van der Waals surface area contributed by atoms with Gasteiger partial charge in [0.2, 0.25) is 0 Å². The molecule has 0 radical (unpaired) electrons. The van der Waals surface area contributed by atoms with E-state index in [2.05, 4.69) is 20.9 Å². The van der Waals surface area contributed by atoms with Crippen LogP contribution in [0.3, 0.4) is 0 Å². The van der Waals surface area contributed by atoms with Crippen molar-refractivity contribution < 1.29 is 9.84 Å². The maximum atomic E-state index is 11.7. The Bertz CT molecular complexity index is 409. The van der Waals surface area contributed by atoms with Gasteiger partial charge < -0.3 is 9.84 Å². The second-order valence-electron chi connectivity index (χ2n) is 3.83. The number of rotatable bonds is 3. The molecule has 1 N–H and O–H groups in total. The number of hydrogen-bond acceptors (Lipinski definition) is 4. The summed E-state index contributed by atoms with van der Waals surface area (Å²) >= 11 is 3.13. The predicted molar refractivity (Wildman–Crippen MR) is 56.5 cm³/mol. The van der Waals surface area contributed by atoms with Crippen molar-refractivity contribution in [3.63, 3.8) is 0 Å². The Morgan fingerprint density at radius 1 is 1.67 bits per heavy atom. The Balaban J connectivity index is 2.24. The fourth-order valence-corrected chi connectivity index (χ4v) is 1.87. The van der Waals surface area contributed by atoms with Crippen LogP contribution in [0.2, 0.25) is 0 Å². The zero-order valence-corrected chi connectivity index (χ0v) is 9.61. The SMILES string of the molecule is O=c1c(Br)cncn1CC1(CO)COC1. The highest BCUT2D eigenvalue weighted by molar-refractivity contribution is 9.10. The molecule has 0 bridgehead atoms. The highest BCUT2D eigenvalue weighted by atomic mass is 79.9. The standard InChI is InChI=1S/C9H11BrN2O3/c10-7-1-11-6-12(8(7)14)2-9(3-13)4-15-5-9/h1,6,13H,2-5H2. The number of ether oxygens (including phenoxy) is 1. The summed E-state index contributed by atoms with van der Waals surface area (Å²) in [6.07, 6.45) is 2.94. The molecule has 0 aromatic carbocycles. The van der Waals surface area contributed by atoms with Gasteiger partial charge in [0.25, 0.3) is 5.56 Å². The fourth-order valence-electron chi connectivity index (χ4n) is 1.52. The number of hydrogen-bond donors (Lipinski definition) is 1. The van der Waals surface area contributed by atoms with E-state index in [4.69, 9.17) is 4.74 Å². The lowest BCUT2D eigenvalue weighted by atomic mass is 9.87. The van der Waals surface area contributed by atoms with Gasteiger partial charge in [0.05, 0.1) is 31.6 Å². The average Bonchev–Trinajstić information content (AvgIpc) is 2.18. The Morgan fingerprint density at radius 2 is 2.40 bits per heavy atom. The molecule has 0 saturated carbocycles. The van der Waals surface area contributed by atoms with Crippen LogP contribution < -0.4 is 5.56 Å². The second-order valence-corrected chi connectivity index (χ2v) is 4.68. The van der Waals surface area contributed by atoms with E-state index in [0.29, 0.717) is 24.2 Å². The first kappa shape index (κ1) is 10.8. The van der Waals surface area contributed by atoms with Gasteiger partial charge in [0.1, 0.15) is 4.47 Å². The molecule has 0 spiro atoms. The first-order chi connectivity index (χ1) is 7.17. The van der Waals surface area contributed by atoms with Gasteiger partial charge in [-0.15, -0.1) is 0 Å². The quantitative estimate of drug-likeness (QED) is 0.844. The van der Waals surface area contributed by atoms with Crippen LogP contribution >= 0.6 is 15.9 Å². The van der Waals surface area contributed by atoms with E-state index in [-0.39, 0.29) is 17.6 Å². The van der Waals surface area contributed by atoms with E-state index in [9.17, 15) is 9.90 Å². The van der Waals surface area contributed by atoms with Crippen molar-refractivity contribution in [3.8, 4) is 0 Å². The van der Waals surface area contributed by atoms with Crippen molar-refractivity contribution in [2.75, 3.05) is 19.8 Å². The van der Waals surface area contributed by atoms with Crippen molar-refractivity contribution in [2.45, 2.75) is 6.54 Å². The van der Waals surface area contributed by atoms with Gasteiger partial charge in [-0.25, -0.2) is 4.98 Å². The van der Waals surface area contributed by atoms with Gasteiger partial charge in [-0.1, -0.05) is 0 Å². The monoisotopic (exact) mass is 274 g/mol. The highest BCUT2D eigenvalue weighted by Crippen LogP contribution is 2.28. The lowest BCUT2D eigenvalue weighted by Gasteiger charge is -2.39. The second kappa shape index (κ2) is 4.03. The molecule has 5 nitrogen and oxygen atoms in total. The first-order valence-corrected chi connectivity index (χ1v) is 5.35. The van der Waals surface area contributed by atoms with Crippen molar-refractivity contribution in [2.24, 2.45) is 5.41 Å². The molecule has 15 heavy (non-hydrogen) atoms. The van der Waals surface area contributed by atoms with Crippen LogP contribution in [-0.2, 0) is 11.3 Å². The van der Waals surface area contributed by atoms with E-state index in [1.165, 1.54) is 17.1 Å². The zero-order valence-electron chi connectivity index (χ0n) is 8.02. The van der Waals surface area contributed by atoms with Gasteiger partial charge in [-0.05, 0) is 15.9 Å². The molecule has 0 aliphatic carbocycles. The van der Waals surface area contributed by atoms with Crippen molar-refractivity contribution in [3.05, 3.63) is 27.4 Å². The lowest BCUT2D eigenvalue weighted by Crippen LogP contribution is -2.50. The third-order valence-corrected chi connectivity index (χ3v) is 3.06. The summed E-state index contributed by atoms with van der Waals surface area (Å²) in [5.41, 5.74) is -0.448. The number of halogens is 1. The smallest absolute Gasteiger partial charge is 0.267 e. The van der Waals surface area contributed by atoms with Crippen molar-refractivity contribution in [1.29, 1.82) is 0 Å². The van der Waals surface area contributed by atoms with E-state index in [1.807, 2.05) is 0 Å². The Kier molecular flexibility index (Phi) is 2.90. The minimum Gasteiger partial charge on any atom is -0.396 e. The molecule has 1 saturated heterocycles. The summed E-state index contributed by atoms with van der Waals surface area (Å²) < 4.78 is 6.98. The minimum atomic E-state index is -0.313. The van der Waals surface area contributed by atoms with Crippen LogP contribution in [0.25, 0.3) is 0 Å². The van der Waals surface area contributed by atoms with E-state index in [1.54, 1.807) is 0 Å². The molecule has 1 aromatic rings. The van der Waals surface area contributed by atoms with Crippen LogP contribution in [0.15, 0.2) is 21.8 Å². The fraction of sp³-hybridized carbons (Fsp3) is 0.556. The summed E-state index contributed by atoms with van der Waals surface area (Å²) in [7, 11) is 0. The molecule has 1 aromatic heterocycles. The Morgan fingerprint density at radius 3 is 2.93 bits per heavy atom. The summed E-state index contributed by atoms with van der Waals surface area (Å²) in [6.45, 7) is 1.44. The summed E-state index contributed by atoms with van der Waals surface area (Å²) in [5.74, 6) is 0. The van der Waals surface area contributed by atoms with Crippen molar-refractivity contribution >= 4 is 15.9 Å². The Hall–Kier alpha value is -0.720. The average molecular weight is 275 g/mol. The molecule has 1 fully saturated rings. The zero-order chi connectivity index (χ0) is 10.9. The number of aliphatic hydroxyl groups is 1. The summed E-state index contributed by atoms with van der Waals surface area (Å²) in [6, 6.07) is 0. The molecule has 82 valence electrons. The van der Waals surface area contributed by atoms with Crippen LogP contribution in [0.1, 0.15) is 0 Å². The molecule has 2 rings (SSSR count). The number of aliphatic hydroxyl groups excluding tert-OH is 1. The largest absolute Gasteiger partial charge is 0.396 e. The molecule has 1 aliphatic heterocycles. The molecule has 2 heterocycles. The van der Waals surface area contributed by atoms with Crippen LogP contribution in [-0.4, -0.2) is 34.5 Å². The minimum absolute atomic E-state index is 0.0198. The van der Waals surface area contributed by atoms with E-state index >= 15 is 0 Å². The van der Waals surface area contributed by atoms with Crippen LogP contribution in [0, 0.1) is 5.41 Å². The van der Waals surface area contributed by atoms with Gasteiger partial charge in [-0.3, -0.25) is 9.36 Å². The third kappa shape index (κ3) is 1.97. The van der Waals surface area contributed by atoms with Crippen LogP contribution in [0.5, 0.6) is 0 Å². The van der Waals surface area contributed by atoms with E-state index < -0.39 is 0 Å². The first-order valence-electron chi connectivity index (χ1n) is 4.55. The van der Waals surface area contributed by atoms with Gasteiger partial charge in [-0.2, -0.15) is 0 Å². The molecule has 0 atom stereocenters. The topological polar surface area (TPSA) is 64.4 Å². The molecule has 1 aliphatic rings. The molecule has 0 unspecified atom stereocenters. The number of aromatic nitrogens is 2. The maximum Gasteiger partial charge on any atom is 0.267 e. The molecular weight excluding hydrogens is 264 g/mol. The Labute approximate surface area is 94.8 Å². The molecule has 6 heteroatoms. The molecule has 0 amide bonds. The van der Waals surface area contributed by atoms with Gasteiger partial charge >= 0.3 is 0 Å². The third-order valence-electron chi connectivity index (χ3n) is 2.52. The number of nitrogens with zero attached hydrogens (tertiary/aromatic N) is 2. The highest BCUT2D eigenvalue weighted by Gasteiger charge is 2.38. The maximum absolute atomic E-state index is 11.7. The lowest BCUT2D eigenvalue weighted by molar-refractivity contribution is -0.145. The summed E-state index contributed by atoms with van der Waals surface area (Å²) in [4.78, 5) is 15.6. The van der Waals surface area contributed by atoms with E-state index in [0.717, 1.165) is 0 Å².